The van der Waals surface area contributed by atoms with Crippen LogP contribution < -0.4 is 0 Å². The quantitative estimate of drug-likeness (QED) is 0.908. The van der Waals surface area contributed by atoms with Gasteiger partial charge in [-0.3, -0.25) is 4.90 Å². The van der Waals surface area contributed by atoms with Gasteiger partial charge in [0.1, 0.15) is 0 Å². The predicted molar refractivity (Wildman–Crippen MR) is 81.0 cm³/mol. The molecule has 1 aromatic heterocycles. The molecule has 0 radical (unpaired) electrons. The monoisotopic (exact) mass is 270 g/mol. The lowest BCUT2D eigenvalue weighted by Gasteiger charge is -2.29. The summed E-state index contributed by atoms with van der Waals surface area (Å²) in [6.45, 7) is 6.46. The predicted octanol–water partition coefficient (Wildman–Crippen LogP) is 3.01. The fraction of sp³-hybridized carbons (Fsp3) is 0.529. The van der Waals surface area contributed by atoms with Crippen molar-refractivity contribution in [1.29, 1.82) is 0 Å². The number of rotatable bonds is 2. The number of H-pyrrole nitrogens is 1. The Bertz CT molecular complexity index is 625. The van der Waals surface area contributed by atoms with Crippen LogP contribution in [0.2, 0.25) is 0 Å². The molecule has 2 aromatic rings. The largest absolute Gasteiger partial charge is 0.377 e. The van der Waals surface area contributed by atoms with Gasteiger partial charge < -0.3 is 9.72 Å². The fourth-order valence-electron chi connectivity index (χ4n) is 3.67. The van der Waals surface area contributed by atoms with Crippen molar-refractivity contribution < 1.29 is 4.74 Å². The van der Waals surface area contributed by atoms with Crippen molar-refractivity contribution in [2.24, 2.45) is 0 Å². The normalized spacial score (nSPS) is 23.4. The maximum absolute atomic E-state index is 5.78. The number of fused-ring (bicyclic) bond motifs is 3. The lowest BCUT2D eigenvalue weighted by Crippen LogP contribution is -2.36. The van der Waals surface area contributed by atoms with Crippen LogP contribution in [0.4, 0.5) is 0 Å². The summed E-state index contributed by atoms with van der Waals surface area (Å²) in [6, 6.07) is 6.62. The molecule has 0 aliphatic carbocycles. The van der Waals surface area contributed by atoms with E-state index in [1.807, 2.05) is 0 Å². The minimum atomic E-state index is 0.462. The third-order valence-corrected chi connectivity index (χ3v) is 4.78. The number of benzene rings is 1. The number of nitrogens with one attached hydrogen (secondary N) is 1. The Balaban J connectivity index is 1.61. The third kappa shape index (κ3) is 2.05. The number of aryl methyl sites for hydroxylation is 1. The Kier molecular flexibility index (Phi) is 3.04. The van der Waals surface area contributed by atoms with Crippen molar-refractivity contribution in [3.63, 3.8) is 0 Å². The maximum Gasteiger partial charge on any atom is 0.0702 e. The van der Waals surface area contributed by atoms with Gasteiger partial charge in [0, 0.05) is 49.3 Å². The standard InChI is InChI=1S/C17H22N2O/c1-12-4-2-6-14-15-11-19(10-13-5-3-9-20-13)8-7-16(15)18-17(12)14/h2,4,6,13,18H,3,5,7-11H2,1H3/t13-/m1/s1. The van der Waals surface area contributed by atoms with Crippen LogP contribution in [-0.2, 0) is 17.7 Å². The SMILES string of the molecule is Cc1cccc2c3c([nH]c12)CCN(C[C@H]1CCCO1)C3. The zero-order valence-corrected chi connectivity index (χ0v) is 12.1. The molecule has 1 aromatic carbocycles. The molecule has 1 atom stereocenters. The van der Waals surface area contributed by atoms with Gasteiger partial charge in [0.25, 0.3) is 0 Å². The molecule has 3 nitrogen and oxygen atoms in total. The summed E-state index contributed by atoms with van der Waals surface area (Å²) in [4.78, 5) is 6.20. The van der Waals surface area contributed by atoms with Crippen LogP contribution >= 0.6 is 0 Å². The molecule has 1 fully saturated rings. The number of nitrogens with zero attached hydrogens (tertiary/aromatic N) is 1. The van der Waals surface area contributed by atoms with Crippen LogP contribution in [0.1, 0.15) is 29.7 Å². The molecule has 1 saturated heterocycles. The lowest BCUT2D eigenvalue weighted by molar-refractivity contribution is 0.0688. The summed E-state index contributed by atoms with van der Waals surface area (Å²) >= 11 is 0. The van der Waals surface area contributed by atoms with E-state index in [0.29, 0.717) is 6.10 Å². The Labute approximate surface area is 119 Å². The molecule has 4 rings (SSSR count). The Hall–Kier alpha value is -1.32. The van der Waals surface area contributed by atoms with Crippen LogP contribution in [0, 0.1) is 6.92 Å². The van der Waals surface area contributed by atoms with E-state index in [1.165, 1.54) is 40.6 Å². The van der Waals surface area contributed by atoms with Crippen LogP contribution in [-0.4, -0.2) is 35.7 Å². The molecule has 0 bridgehead atoms. The molecule has 0 saturated carbocycles. The first-order chi connectivity index (χ1) is 9.81. The van der Waals surface area contributed by atoms with Crippen molar-refractivity contribution in [3.05, 3.63) is 35.0 Å². The molecule has 0 unspecified atom stereocenters. The van der Waals surface area contributed by atoms with Crippen LogP contribution in [0.3, 0.4) is 0 Å². The van der Waals surface area contributed by atoms with Gasteiger partial charge in [-0.1, -0.05) is 18.2 Å². The highest BCUT2D eigenvalue weighted by molar-refractivity contribution is 5.87. The zero-order valence-electron chi connectivity index (χ0n) is 12.1. The molecular weight excluding hydrogens is 248 g/mol. The van der Waals surface area contributed by atoms with E-state index in [9.17, 15) is 0 Å². The van der Waals surface area contributed by atoms with Crippen molar-refractivity contribution in [1.82, 2.24) is 9.88 Å². The summed E-state index contributed by atoms with van der Waals surface area (Å²) in [6.07, 6.45) is 4.06. The smallest absolute Gasteiger partial charge is 0.0702 e. The molecule has 106 valence electrons. The number of hydrogen-bond acceptors (Lipinski definition) is 2. The summed E-state index contributed by atoms with van der Waals surface area (Å²) in [5.74, 6) is 0. The van der Waals surface area contributed by atoms with Gasteiger partial charge in [0.2, 0.25) is 0 Å². The zero-order chi connectivity index (χ0) is 13.5. The fourth-order valence-corrected chi connectivity index (χ4v) is 3.67. The second-order valence-corrected chi connectivity index (χ2v) is 6.20. The highest BCUT2D eigenvalue weighted by Crippen LogP contribution is 2.29. The minimum Gasteiger partial charge on any atom is -0.377 e. The summed E-state index contributed by atoms with van der Waals surface area (Å²) in [5.41, 5.74) is 5.63. The minimum absolute atomic E-state index is 0.462. The van der Waals surface area contributed by atoms with Gasteiger partial charge in [0.05, 0.1) is 6.10 Å². The van der Waals surface area contributed by atoms with Crippen molar-refractivity contribution in [3.8, 4) is 0 Å². The van der Waals surface area contributed by atoms with E-state index in [-0.39, 0.29) is 0 Å². The maximum atomic E-state index is 5.78. The van der Waals surface area contributed by atoms with Gasteiger partial charge in [0.15, 0.2) is 0 Å². The van der Waals surface area contributed by atoms with Crippen LogP contribution in [0.5, 0.6) is 0 Å². The molecule has 0 spiro atoms. The summed E-state index contributed by atoms with van der Waals surface area (Å²) < 4.78 is 5.78. The van der Waals surface area contributed by atoms with Gasteiger partial charge in [-0.25, -0.2) is 0 Å². The number of para-hydroxylation sites is 1. The lowest BCUT2D eigenvalue weighted by atomic mass is 10.0. The molecule has 0 amide bonds. The second-order valence-electron chi connectivity index (χ2n) is 6.20. The van der Waals surface area contributed by atoms with E-state index in [0.717, 1.165) is 32.7 Å². The molecular formula is C17H22N2O. The molecule has 20 heavy (non-hydrogen) atoms. The molecule has 2 aliphatic rings. The molecule has 3 heteroatoms. The number of aromatic nitrogens is 1. The Morgan fingerprint density at radius 3 is 3.20 bits per heavy atom. The van der Waals surface area contributed by atoms with Gasteiger partial charge in [-0.15, -0.1) is 0 Å². The van der Waals surface area contributed by atoms with Gasteiger partial charge >= 0.3 is 0 Å². The van der Waals surface area contributed by atoms with E-state index in [2.05, 4.69) is 35.0 Å². The van der Waals surface area contributed by atoms with E-state index in [4.69, 9.17) is 4.74 Å². The van der Waals surface area contributed by atoms with Crippen molar-refractivity contribution >= 4 is 10.9 Å². The highest BCUT2D eigenvalue weighted by atomic mass is 16.5. The van der Waals surface area contributed by atoms with Crippen molar-refractivity contribution in [2.45, 2.75) is 38.8 Å². The molecule has 2 aliphatic heterocycles. The third-order valence-electron chi connectivity index (χ3n) is 4.78. The van der Waals surface area contributed by atoms with Gasteiger partial charge in [-0.2, -0.15) is 0 Å². The highest BCUT2D eigenvalue weighted by Gasteiger charge is 2.24. The number of hydrogen-bond donors (Lipinski definition) is 1. The Morgan fingerprint density at radius 1 is 1.40 bits per heavy atom. The van der Waals surface area contributed by atoms with Gasteiger partial charge in [-0.05, 0) is 30.9 Å². The Morgan fingerprint density at radius 2 is 2.35 bits per heavy atom. The molecule has 1 N–H and O–H groups in total. The summed E-state index contributed by atoms with van der Waals surface area (Å²) in [5, 5.41) is 1.41. The average molecular weight is 270 g/mol. The first-order valence-corrected chi connectivity index (χ1v) is 7.74. The van der Waals surface area contributed by atoms with Crippen molar-refractivity contribution in [2.75, 3.05) is 19.7 Å². The van der Waals surface area contributed by atoms with Crippen LogP contribution in [0.15, 0.2) is 18.2 Å². The number of ether oxygens (including phenoxy) is 1. The van der Waals surface area contributed by atoms with E-state index < -0.39 is 0 Å². The first-order valence-electron chi connectivity index (χ1n) is 7.74. The molecule has 3 heterocycles. The summed E-state index contributed by atoms with van der Waals surface area (Å²) in [7, 11) is 0. The first kappa shape index (κ1) is 12.4. The number of aromatic amines is 1. The van der Waals surface area contributed by atoms with Crippen LogP contribution in [0.25, 0.3) is 10.9 Å². The topological polar surface area (TPSA) is 28.3 Å². The van der Waals surface area contributed by atoms with E-state index in [1.54, 1.807) is 0 Å². The average Bonchev–Trinajstić information content (AvgIpc) is 3.07. The second kappa shape index (κ2) is 4.90. The van der Waals surface area contributed by atoms with E-state index >= 15 is 0 Å².